The highest BCUT2D eigenvalue weighted by atomic mass is 19.4. The van der Waals surface area contributed by atoms with Crippen LogP contribution in [0.4, 0.5) is 22.4 Å². The normalized spacial score (nSPS) is 25.4. The number of hydrogen-bond donors (Lipinski definition) is 3. The van der Waals surface area contributed by atoms with Crippen LogP contribution in [-0.2, 0) is 11.0 Å². The van der Waals surface area contributed by atoms with E-state index in [1.807, 2.05) is 0 Å². The summed E-state index contributed by atoms with van der Waals surface area (Å²) in [4.78, 5) is 34.7. The smallest absolute Gasteiger partial charge is 0.352 e. The van der Waals surface area contributed by atoms with E-state index in [0.717, 1.165) is 6.07 Å². The molecule has 2 fully saturated rings. The Bertz CT molecular complexity index is 757. The lowest BCUT2D eigenvalue weighted by Crippen LogP contribution is -2.58. The number of hydrogen-bond acceptors (Lipinski definition) is 3. The summed E-state index contributed by atoms with van der Waals surface area (Å²) in [6.45, 7) is 0.0988. The average Bonchev–Trinajstić information content (AvgIpc) is 2.76. The first-order chi connectivity index (χ1) is 11.6. The van der Waals surface area contributed by atoms with Gasteiger partial charge in [0.1, 0.15) is 11.4 Å². The highest BCUT2D eigenvalue weighted by molar-refractivity contribution is 6.07. The van der Waals surface area contributed by atoms with E-state index in [1.165, 1.54) is 0 Å². The van der Waals surface area contributed by atoms with Crippen molar-refractivity contribution in [1.82, 2.24) is 16.0 Å². The molecular formula is C15H13F4N3O3. The summed E-state index contributed by atoms with van der Waals surface area (Å²) >= 11 is 0. The van der Waals surface area contributed by atoms with Crippen LogP contribution >= 0.6 is 0 Å². The number of urea groups is 1. The highest BCUT2D eigenvalue weighted by Crippen LogP contribution is 2.39. The molecule has 6 nitrogen and oxygen atoms in total. The van der Waals surface area contributed by atoms with E-state index in [0.29, 0.717) is 25.0 Å². The predicted octanol–water partition coefficient (Wildman–Crippen LogP) is 1.56. The molecule has 1 heterocycles. The maximum absolute atomic E-state index is 13.3. The molecule has 1 saturated heterocycles. The van der Waals surface area contributed by atoms with Crippen LogP contribution in [0.3, 0.4) is 0 Å². The number of imide groups is 1. The van der Waals surface area contributed by atoms with Gasteiger partial charge in [0.05, 0.1) is 5.56 Å². The third kappa shape index (κ3) is 3.28. The Morgan fingerprint density at radius 1 is 1.24 bits per heavy atom. The molecule has 0 atom stereocenters. The molecule has 4 amide bonds. The van der Waals surface area contributed by atoms with Crippen LogP contribution in [0.1, 0.15) is 28.8 Å². The van der Waals surface area contributed by atoms with Gasteiger partial charge in [-0.2, -0.15) is 13.2 Å². The molecule has 3 N–H and O–H groups in total. The monoisotopic (exact) mass is 359 g/mol. The quantitative estimate of drug-likeness (QED) is 0.565. The zero-order valence-corrected chi connectivity index (χ0v) is 12.7. The summed E-state index contributed by atoms with van der Waals surface area (Å²) in [7, 11) is 0. The molecule has 0 unspecified atom stereocenters. The molecule has 0 radical (unpaired) electrons. The number of nitrogens with one attached hydrogen (secondary N) is 3. The predicted molar refractivity (Wildman–Crippen MR) is 75.9 cm³/mol. The van der Waals surface area contributed by atoms with E-state index in [-0.39, 0.29) is 12.5 Å². The molecule has 10 heteroatoms. The van der Waals surface area contributed by atoms with Gasteiger partial charge in [-0.1, -0.05) is 0 Å². The second-order valence-corrected chi connectivity index (χ2v) is 6.20. The molecule has 1 aromatic rings. The van der Waals surface area contributed by atoms with Crippen molar-refractivity contribution in [3.8, 4) is 0 Å². The Morgan fingerprint density at radius 3 is 2.48 bits per heavy atom. The van der Waals surface area contributed by atoms with Gasteiger partial charge in [0, 0.05) is 12.1 Å². The molecule has 2 aliphatic rings. The molecule has 0 bridgehead atoms. The molecule has 1 saturated carbocycles. The van der Waals surface area contributed by atoms with Crippen molar-refractivity contribution >= 4 is 17.8 Å². The zero-order valence-electron chi connectivity index (χ0n) is 12.7. The topological polar surface area (TPSA) is 87.3 Å². The summed E-state index contributed by atoms with van der Waals surface area (Å²) in [5.74, 6) is -2.55. The third-order valence-electron chi connectivity index (χ3n) is 4.33. The molecule has 1 aliphatic carbocycles. The van der Waals surface area contributed by atoms with Crippen molar-refractivity contribution in [2.24, 2.45) is 5.92 Å². The fraction of sp³-hybridized carbons (Fsp3) is 0.400. The van der Waals surface area contributed by atoms with Crippen LogP contribution in [0, 0.1) is 11.7 Å². The van der Waals surface area contributed by atoms with Gasteiger partial charge in [-0.05, 0) is 37.0 Å². The summed E-state index contributed by atoms with van der Waals surface area (Å²) in [6, 6.07) is 1.03. The van der Waals surface area contributed by atoms with Crippen LogP contribution < -0.4 is 16.0 Å². The number of halogens is 4. The van der Waals surface area contributed by atoms with Crippen molar-refractivity contribution in [3.05, 3.63) is 35.1 Å². The Kier molecular flexibility index (Phi) is 3.92. The minimum Gasteiger partial charge on any atom is -0.352 e. The Hall–Kier alpha value is -2.65. The number of carbonyl (C=O) groups is 3. The molecule has 25 heavy (non-hydrogen) atoms. The lowest BCUT2D eigenvalue weighted by molar-refractivity contribution is -0.137. The van der Waals surface area contributed by atoms with Gasteiger partial charge in [-0.15, -0.1) is 0 Å². The van der Waals surface area contributed by atoms with Crippen molar-refractivity contribution < 1.29 is 31.9 Å². The van der Waals surface area contributed by atoms with Crippen LogP contribution in [0.5, 0.6) is 0 Å². The molecule has 1 aromatic carbocycles. The van der Waals surface area contributed by atoms with E-state index in [2.05, 4.69) is 16.0 Å². The summed E-state index contributed by atoms with van der Waals surface area (Å²) in [5, 5.41) is 7.06. The maximum Gasteiger partial charge on any atom is 0.416 e. The van der Waals surface area contributed by atoms with E-state index in [4.69, 9.17) is 0 Å². The first-order valence-electron chi connectivity index (χ1n) is 7.39. The van der Waals surface area contributed by atoms with Crippen molar-refractivity contribution in [3.63, 3.8) is 0 Å². The van der Waals surface area contributed by atoms with Crippen LogP contribution in [0.15, 0.2) is 18.2 Å². The molecule has 3 rings (SSSR count). The fourth-order valence-electron chi connectivity index (χ4n) is 3.11. The number of carbonyl (C=O) groups excluding carboxylic acids is 3. The number of rotatable bonds is 3. The van der Waals surface area contributed by atoms with Gasteiger partial charge < -0.3 is 10.6 Å². The van der Waals surface area contributed by atoms with Crippen molar-refractivity contribution in [1.29, 1.82) is 0 Å². The van der Waals surface area contributed by atoms with Crippen LogP contribution in [0.25, 0.3) is 0 Å². The van der Waals surface area contributed by atoms with Gasteiger partial charge in [0.2, 0.25) is 0 Å². The second kappa shape index (κ2) is 5.71. The lowest BCUT2D eigenvalue weighted by Gasteiger charge is -2.42. The first-order valence-corrected chi connectivity index (χ1v) is 7.39. The second-order valence-electron chi connectivity index (χ2n) is 6.20. The number of amides is 4. The van der Waals surface area contributed by atoms with Crippen LogP contribution in [0.2, 0.25) is 0 Å². The zero-order chi connectivity index (χ0) is 18.4. The van der Waals surface area contributed by atoms with Crippen molar-refractivity contribution in [2.45, 2.75) is 24.6 Å². The van der Waals surface area contributed by atoms with Gasteiger partial charge in [-0.25, -0.2) is 9.18 Å². The largest absolute Gasteiger partial charge is 0.416 e. The molecule has 1 aliphatic heterocycles. The minimum atomic E-state index is -4.76. The fourth-order valence-corrected chi connectivity index (χ4v) is 3.11. The average molecular weight is 359 g/mol. The summed E-state index contributed by atoms with van der Waals surface area (Å²) in [6.07, 6.45) is -4.14. The highest BCUT2D eigenvalue weighted by Gasteiger charge is 2.55. The van der Waals surface area contributed by atoms with Gasteiger partial charge in [0.15, 0.2) is 0 Å². The Balaban J connectivity index is 1.59. The standard InChI is InChI=1S/C15H13F4N3O3/c16-10-2-8(1-9(3-10)15(17,18)19)11(23)20-6-7-4-14(5-7)12(24)21-13(25)22-14/h1-3,7H,4-6H2,(H,20,23)(H2,21,22,24,25). The van der Waals surface area contributed by atoms with Crippen LogP contribution in [-0.4, -0.2) is 29.9 Å². The summed E-state index contributed by atoms with van der Waals surface area (Å²) in [5.41, 5.74) is -2.65. The number of benzene rings is 1. The van der Waals surface area contributed by atoms with Gasteiger partial charge in [0.25, 0.3) is 11.8 Å². The van der Waals surface area contributed by atoms with E-state index >= 15 is 0 Å². The van der Waals surface area contributed by atoms with E-state index in [9.17, 15) is 31.9 Å². The van der Waals surface area contributed by atoms with Gasteiger partial charge >= 0.3 is 12.2 Å². The Labute approximate surface area is 139 Å². The summed E-state index contributed by atoms with van der Waals surface area (Å²) < 4.78 is 51.3. The molecule has 1 spiro atoms. The molecular weight excluding hydrogens is 346 g/mol. The van der Waals surface area contributed by atoms with Crippen molar-refractivity contribution in [2.75, 3.05) is 6.54 Å². The lowest BCUT2D eigenvalue weighted by atomic mass is 9.68. The molecule has 134 valence electrons. The Morgan fingerprint density at radius 2 is 1.92 bits per heavy atom. The van der Waals surface area contributed by atoms with E-state index in [1.54, 1.807) is 0 Å². The van der Waals surface area contributed by atoms with E-state index < -0.39 is 46.5 Å². The SMILES string of the molecule is O=C1NC(=O)C2(CC(CNC(=O)c3cc(F)cc(C(F)(F)F)c3)C2)N1. The first kappa shape index (κ1) is 17.2. The molecule has 0 aromatic heterocycles. The maximum atomic E-state index is 13.3. The minimum absolute atomic E-state index is 0.0988. The van der Waals surface area contributed by atoms with Gasteiger partial charge in [-0.3, -0.25) is 14.9 Å². The third-order valence-corrected chi connectivity index (χ3v) is 4.33. The number of alkyl halides is 3.